The highest BCUT2D eigenvalue weighted by Gasteiger charge is 2.04. The molecule has 84 valence electrons. The average Bonchev–Trinajstić information content (AvgIpc) is 2.29. The van der Waals surface area contributed by atoms with Gasteiger partial charge >= 0.3 is 0 Å². The Kier molecular flexibility index (Phi) is 3.22. The molecule has 0 unspecified atom stereocenters. The molecule has 0 amide bonds. The average molecular weight is 239 g/mol. The molecule has 4 nitrogen and oxygen atoms in total. The minimum atomic E-state index is -0.0930. The highest BCUT2D eigenvalue weighted by atomic mass is 35.5. The van der Waals surface area contributed by atoms with Crippen LogP contribution in [0.4, 0.5) is 0 Å². The number of ether oxygens (including phenoxy) is 1. The predicted molar refractivity (Wildman–Crippen MR) is 62.9 cm³/mol. The molecule has 0 bridgehead atoms. The molecule has 0 aliphatic rings. The fourth-order valence-electron chi connectivity index (χ4n) is 1.48. The van der Waals surface area contributed by atoms with E-state index < -0.39 is 0 Å². The Balaban J connectivity index is 2.55. The van der Waals surface area contributed by atoms with E-state index in [2.05, 4.69) is 4.98 Å². The predicted octanol–water partition coefficient (Wildman–Crippen LogP) is 1.70. The molecular formula is C11H11ClN2O2. The van der Waals surface area contributed by atoms with E-state index in [4.69, 9.17) is 16.3 Å². The van der Waals surface area contributed by atoms with E-state index in [1.807, 2.05) is 0 Å². The van der Waals surface area contributed by atoms with Gasteiger partial charge in [-0.25, -0.2) is 4.98 Å². The molecule has 2 aromatic rings. The van der Waals surface area contributed by atoms with Crippen molar-refractivity contribution in [2.75, 3.05) is 13.7 Å². The molecule has 0 aliphatic heterocycles. The molecular weight excluding hydrogens is 228 g/mol. The van der Waals surface area contributed by atoms with Gasteiger partial charge in [0.05, 0.1) is 30.4 Å². The quantitative estimate of drug-likeness (QED) is 0.818. The number of hydrogen-bond acceptors (Lipinski definition) is 3. The van der Waals surface area contributed by atoms with E-state index in [-0.39, 0.29) is 5.56 Å². The summed E-state index contributed by atoms with van der Waals surface area (Å²) in [4.78, 5) is 16.2. The van der Waals surface area contributed by atoms with Crippen molar-refractivity contribution in [2.24, 2.45) is 0 Å². The first-order valence-electron chi connectivity index (χ1n) is 4.86. The van der Waals surface area contributed by atoms with Gasteiger partial charge in [0, 0.05) is 12.1 Å². The zero-order valence-electron chi connectivity index (χ0n) is 8.81. The van der Waals surface area contributed by atoms with Crippen molar-refractivity contribution in [3.8, 4) is 0 Å². The van der Waals surface area contributed by atoms with Gasteiger partial charge in [-0.1, -0.05) is 11.6 Å². The van der Waals surface area contributed by atoms with Crippen molar-refractivity contribution in [3.63, 3.8) is 0 Å². The third-order valence-corrected chi connectivity index (χ3v) is 2.56. The highest BCUT2D eigenvalue weighted by molar-refractivity contribution is 6.31. The molecule has 16 heavy (non-hydrogen) atoms. The Hall–Kier alpha value is -1.39. The maximum Gasteiger partial charge on any atom is 0.261 e. The fourth-order valence-corrected chi connectivity index (χ4v) is 1.65. The largest absolute Gasteiger partial charge is 0.383 e. The SMILES string of the molecule is COCCn1cnc2ccc(Cl)cc2c1=O. The van der Waals surface area contributed by atoms with E-state index in [1.165, 1.54) is 10.9 Å². The van der Waals surface area contributed by atoms with Crippen LogP contribution >= 0.6 is 11.6 Å². The first kappa shape index (κ1) is 11.1. The zero-order chi connectivity index (χ0) is 11.5. The van der Waals surface area contributed by atoms with Gasteiger partial charge in [-0.15, -0.1) is 0 Å². The number of nitrogens with zero attached hydrogens (tertiary/aromatic N) is 2. The van der Waals surface area contributed by atoms with Crippen molar-refractivity contribution in [3.05, 3.63) is 39.9 Å². The second-order valence-corrected chi connectivity index (χ2v) is 3.83. The first-order chi connectivity index (χ1) is 7.72. The second-order valence-electron chi connectivity index (χ2n) is 3.40. The summed E-state index contributed by atoms with van der Waals surface area (Å²) in [5.41, 5.74) is 0.563. The molecule has 2 rings (SSSR count). The molecule has 1 heterocycles. The number of fused-ring (bicyclic) bond motifs is 1. The summed E-state index contributed by atoms with van der Waals surface area (Å²) >= 11 is 5.85. The molecule has 0 aliphatic carbocycles. The number of benzene rings is 1. The third-order valence-electron chi connectivity index (χ3n) is 2.32. The van der Waals surface area contributed by atoms with E-state index in [9.17, 15) is 4.79 Å². The molecule has 0 saturated heterocycles. The Morgan fingerprint density at radius 3 is 3.06 bits per heavy atom. The summed E-state index contributed by atoms with van der Waals surface area (Å²) in [7, 11) is 1.59. The van der Waals surface area contributed by atoms with Crippen LogP contribution < -0.4 is 5.56 Å². The van der Waals surface area contributed by atoms with Gasteiger partial charge in [0.2, 0.25) is 0 Å². The van der Waals surface area contributed by atoms with Crippen LogP contribution in [0.5, 0.6) is 0 Å². The minimum absolute atomic E-state index is 0.0930. The highest BCUT2D eigenvalue weighted by Crippen LogP contribution is 2.13. The van der Waals surface area contributed by atoms with Crippen LogP contribution in [0.2, 0.25) is 5.02 Å². The lowest BCUT2D eigenvalue weighted by Crippen LogP contribution is -2.22. The molecule has 0 atom stereocenters. The van der Waals surface area contributed by atoms with Gasteiger partial charge in [0.25, 0.3) is 5.56 Å². The topological polar surface area (TPSA) is 44.1 Å². The van der Waals surface area contributed by atoms with Crippen molar-refractivity contribution in [1.29, 1.82) is 0 Å². The lowest BCUT2D eigenvalue weighted by Gasteiger charge is -2.05. The molecule has 0 N–H and O–H groups in total. The lowest BCUT2D eigenvalue weighted by molar-refractivity contribution is 0.186. The summed E-state index contributed by atoms with van der Waals surface area (Å²) in [5.74, 6) is 0. The van der Waals surface area contributed by atoms with E-state index >= 15 is 0 Å². The Bertz CT molecular complexity index is 565. The smallest absolute Gasteiger partial charge is 0.261 e. The normalized spacial score (nSPS) is 10.9. The molecule has 1 aromatic heterocycles. The standard InChI is InChI=1S/C11H11ClN2O2/c1-16-5-4-14-7-13-10-3-2-8(12)6-9(10)11(14)15/h2-3,6-7H,4-5H2,1H3. The first-order valence-corrected chi connectivity index (χ1v) is 5.24. The Morgan fingerprint density at radius 1 is 1.50 bits per heavy atom. The molecule has 1 aromatic carbocycles. The Morgan fingerprint density at radius 2 is 2.31 bits per heavy atom. The lowest BCUT2D eigenvalue weighted by atomic mass is 10.2. The van der Waals surface area contributed by atoms with Crippen molar-refractivity contribution < 1.29 is 4.74 Å². The van der Waals surface area contributed by atoms with Gasteiger partial charge < -0.3 is 4.74 Å². The summed E-state index contributed by atoms with van der Waals surface area (Å²) in [6.07, 6.45) is 1.53. The van der Waals surface area contributed by atoms with E-state index in [1.54, 1.807) is 25.3 Å². The van der Waals surface area contributed by atoms with Crippen LogP contribution in [-0.4, -0.2) is 23.3 Å². The number of aromatic nitrogens is 2. The van der Waals surface area contributed by atoms with Crippen LogP contribution in [0.25, 0.3) is 10.9 Å². The van der Waals surface area contributed by atoms with Gasteiger partial charge in [-0.3, -0.25) is 9.36 Å². The van der Waals surface area contributed by atoms with E-state index in [0.29, 0.717) is 29.1 Å². The third kappa shape index (κ3) is 2.08. The van der Waals surface area contributed by atoms with Gasteiger partial charge in [-0.05, 0) is 18.2 Å². The van der Waals surface area contributed by atoms with Gasteiger partial charge in [0.15, 0.2) is 0 Å². The van der Waals surface area contributed by atoms with Crippen LogP contribution in [0, 0.1) is 0 Å². The fraction of sp³-hybridized carbons (Fsp3) is 0.273. The maximum atomic E-state index is 12.0. The molecule has 0 fully saturated rings. The summed E-state index contributed by atoms with van der Waals surface area (Å²) in [6, 6.07) is 5.09. The number of hydrogen-bond donors (Lipinski definition) is 0. The maximum absolute atomic E-state index is 12.0. The van der Waals surface area contributed by atoms with Gasteiger partial charge in [-0.2, -0.15) is 0 Å². The van der Waals surface area contributed by atoms with Crippen molar-refractivity contribution >= 4 is 22.5 Å². The molecule has 5 heteroatoms. The number of halogens is 1. The van der Waals surface area contributed by atoms with E-state index in [0.717, 1.165) is 0 Å². The van der Waals surface area contributed by atoms with Crippen molar-refractivity contribution in [2.45, 2.75) is 6.54 Å². The zero-order valence-corrected chi connectivity index (χ0v) is 9.57. The molecule has 0 saturated carbocycles. The minimum Gasteiger partial charge on any atom is -0.383 e. The monoisotopic (exact) mass is 238 g/mol. The summed E-state index contributed by atoms with van der Waals surface area (Å²) in [5, 5.41) is 1.07. The van der Waals surface area contributed by atoms with Crippen molar-refractivity contribution in [1.82, 2.24) is 9.55 Å². The van der Waals surface area contributed by atoms with Crippen LogP contribution in [0.1, 0.15) is 0 Å². The Labute approximate surface area is 97.4 Å². The molecule has 0 radical (unpaired) electrons. The second kappa shape index (κ2) is 4.63. The summed E-state index contributed by atoms with van der Waals surface area (Å²) in [6.45, 7) is 0.971. The van der Waals surface area contributed by atoms with Crippen LogP contribution in [-0.2, 0) is 11.3 Å². The number of rotatable bonds is 3. The van der Waals surface area contributed by atoms with Crippen LogP contribution in [0.15, 0.2) is 29.3 Å². The van der Waals surface area contributed by atoms with Crippen LogP contribution in [0.3, 0.4) is 0 Å². The summed E-state index contributed by atoms with van der Waals surface area (Å²) < 4.78 is 6.44. The van der Waals surface area contributed by atoms with Gasteiger partial charge in [0.1, 0.15) is 0 Å². The number of methoxy groups -OCH3 is 1. The molecule has 0 spiro atoms.